The summed E-state index contributed by atoms with van der Waals surface area (Å²) >= 11 is 0. The van der Waals surface area contributed by atoms with E-state index in [4.69, 9.17) is 0 Å². The SMILES string of the molecule is Cc1cc(CCNCCNc2c(C(C)C)cccc2C(C)C)c(O)c(Cc2ccccc2)c1. The zero-order valence-corrected chi connectivity index (χ0v) is 20.9. The van der Waals surface area contributed by atoms with Crippen molar-refractivity contribution in [2.75, 3.05) is 25.0 Å². The third-order valence-corrected chi connectivity index (χ3v) is 6.20. The van der Waals surface area contributed by atoms with Gasteiger partial charge in [-0.15, -0.1) is 0 Å². The highest BCUT2D eigenvalue weighted by atomic mass is 16.3. The van der Waals surface area contributed by atoms with Gasteiger partial charge in [0.25, 0.3) is 0 Å². The number of phenols is 1. The van der Waals surface area contributed by atoms with Crippen molar-refractivity contribution in [2.24, 2.45) is 0 Å². The predicted octanol–water partition coefficient (Wildman–Crippen LogP) is 6.78. The molecule has 0 amide bonds. The monoisotopic (exact) mass is 444 g/mol. The molecule has 0 spiro atoms. The fourth-order valence-corrected chi connectivity index (χ4v) is 4.45. The van der Waals surface area contributed by atoms with Crippen molar-refractivity contribution in [3.8, 4) is 5.75 Å². The van der Waals surface area contributed by atoms with Crippen LogP contribution >= 0.6 is 0 Å². The average Bonchev–Trinajstić information content (AvgIpc) is 2.79. The van der Waals surface area contributed by atoms with Crippen molar-refractivity contribution in [3.05, 3.63) is 94.0 Å². The van der Waals surface area contributed by atoms with Crippen molar-refractivity contribution in [1.29, 1.82) is 0 Å². The Morgan fingerprint density at radius 3 is 2.03 bits per heavy atom. The molecule has 33 heavy (non-hydrogen) atoms. The topological polar surface area (TPSA) is 44.3 Å². The molecule has 0 aromatic heterocycles. The van der Waals surface area contributed by atoms with Gasteiger partial charge in [0.05, 0.1) is 0 Å². The molecule has 3 heteroatoms. The number of hydrogen-bond acceptors (Lipinski definition) is 3. The number of hydrogen-bond donors (Lipinski definition) is 3. The van der Waals surface area contributed by atoms with Crippen LogP contribution in [0.5, 0.6) is 5.75 Å². The minimum absolute atomic E-state index is 0.441. The molecule has 3 aromatic carbocycles. The molecule has 0 fully saturated rings. The Bertz CT molecular complexity index is 999. The molecule has 0 aliphatic rings. The lowest BCUT2D eigenvalue weighted by atomic mass is 9.92. The molecule has 0 saturated heterocycles. The smallest absolute Gasteiger partial charge is 0.122 e. The lowest BCUT2D eigenvalue weighted by molar-refractivity contribution is 0.461. The summed E-state index contributed by atoms with van der Waals surface area (Å²) in [5.74, 6) is 1.43. The maximum atomic E-state index is 10.9. The summed E-state index contributed by atoms with van der Waals surface area (Å²) in [6.07, 6.45) is 1.57. The molecule has 3 nitrogen and oxygen atoms in total. The standard InChI is InChI=1S/C30H40N2O/c1-21(2)27-12-9-13-28(22(3)4)29(27)32-17-16-31-15-14-25-18-23(5)19-26(30(25)33)20-24-10-7-6-8-11-24/h6-13,18-19,21-22,31-33H,14-17,20H2,1-5H3. The summed E-state index contributed by atoms with van der Waals surface area (Å²) in [5.41, 5.74) is 8.51. The number of para-hydroxylation sites is 1. The number of phenolic OH excluding ortho intramolecular Hbond substituents is 1. The highest BCUT2D eigenvalue weighted by Gasteiger charge is 2.13. The first-order chi connectivity index (χ1) is 15.9. The van der Waals surface area contributed by atoms with Crippen molar-refractivity contribution >= 4 is 5.69 Å². The van der Waals surface area contributed by atoms with Crippen LogP contribution in [0.1, 0.15) is 72.9 Å². The number of aromatic hydroxyl groups is 1. The van der Waals surface area contributed by atoms with Crippen molar-refractivity contribution in [1.82, 2.24) is 5.32 Å². The molecular weight excluding hydrogens is 404 g/mol. The third-order valence-electron chi connectivity index (χ3n) is 6.20. The maximum absolute atomic E-state index is 10.9. The number of nitrogens with one attached hydrogen (secondary N) is 2. The van der Waals surface area contributed by atoms with Crippen LogP contribution in [0.15, 0.2) is 60.7 Å². The predicted molar refractivity (Wildman–Crippen MR) is 142 cm³/mol. The molecule has 0 bridgehead atoms. The molecule has 0 atom stereocenters. The molecule has 0 saturated carbocycles. The van der Waals surface area contributed by atoms with Gasteiger partial charge in [0, 0.05) is 25.2 Å². The molecular formula is C30H40N2O. The Labute approximate surface area is 200 Å². The van der Waals surface area contributed by atoms with E-state index >= 15 is 0 Å². The van der Waals surface area contributed by atoms with Gasteiger partial charge in [0.2, 0.25) is 0 Å². The first-order valence-electron chi connectivity index (χ1n) is 12.3. The number of benzene rings is 3. The first-order valence-corrected chi connectivity index (χ1v) is 12.3. The van der Waals surface area contributed by atoms with E-state index in [1.54, 1.807) is 0 Å². The van der Waals surface area contributed by atoms with Crippen molar-refractivity contribution in [2.45, 2.75) is 59.3 Å². The molecule has 0 unspecified atom stereocenters. The van der Waals surface area contributed by atoms with Gasteiger partial charge in [-0.25, -0.2) is 0 Å². The molecule has 3 N–H and O–H groups in total. The summed E-state index contributed by atoms with van der Waals surface area (Å²) in [5, 5.41) is 18.1. The van der Waals surface area contributed by atoms with E-state index in [0.717, 1.165) is 43.6 Å². The summed E-state index contributed by atoms with van der Waals surface area (Å²) in [4.78, 5) is 0. The fourth-order valence-electron chi connectivity index (χ4n) is 4.45. The Morgan fingerprint density at radius 2 is 1.39 bits per heavy atom. The van der Waals surface area contributed by atoms with Crippen LogP contribution < -0.4 is 10.6 Å². The van der Waals surface area contributed by atoms with E-state index in [-0.39, 0.29) is 0 Å². The van der Waals surface area contributed by atoms with Gasteiger partial charge >= 0.3 is 0 Å². The normalized spacial score (nSPS) is 11.4. The highest BCUT2D eigenvalue weighted by molar-refractivity contribution is 5.60. The van der Waals surface area contributed by atoms with Gasteiger partial charge in [0.1, 0.15) is 5.75 Å². The van der Waals surface area contributed by atoms with Crippen LogP contribution in [0.2, 0.25) is 0 Å². The van der Waals surface area contributed by atoms with E-state index in [2.05, 4.69) is 87.7 Å². The lowest BCUT2D eigenvalue weighted by Gasteiger charge is -2.21. The molecule has 0 aliphatic heterocycles. The second-order valence-electron chi connectivity index (χ2n) is 9.64. The largest absolute Gasteiger partial charge is 0.507 e. The number of rotatable bonds is 11. The minimum atomic E-state index is 0.441. The third kappa shape index (κ3) is 6.85. The summed E-state index contributed by atoms with van der Waals surface area (Å²) in [6.45, 7) is 13.7. The van der Waals surface area contributed by atoms with Gasteiger partial charge in [-0.3, -0.25) is 0 Å². The Hall–Kier alpha value is -2.78. The summed E-state index contributed by atoms with van der Waals surface area (Å²) in [7, 11) is 0. The van der Waals surface area contributed by atoms with Gasteiger partial charge in [-0.2, -0.15) is 0 Å². The molecule has 0 aliphatic carbocycles. The second kappa shape index (κ2) is 11.9. The average molecular weight is 445 g/mol. The lowest BCUT2D eigenvalue weighted by Crippen LogP contribution is -2.25. The summed E-state index contributed by atoms with van der Waals surface area (Å²) < 4.78 is 0. The van der Waals surface area contributed by atoms with E-state index in [0.29, 0.717) is 17.6 Å². The van der Waals surface area contributed by atoms with Crippen LogP contribution in [-0.4, -0.2) is 24.7 Å². The number of anilines is 1. The molecule has 3 aromatic rings. The van der Waals surface area contributed by atoms with Crippen molar-refractivity contribution in [3.63, 3.8) is 0 Å². The second-order valence-corrected chi connectivity index (χ2v) is 9.64. The Balaban J connectivity index is 1.54. The van der Waals surface area contributed by atoms with Gasteiger partial charge in [0.15, 0.2) is 0 Å². The van der Waals surface area contributed by atoms with Gasteiger partial charge < -0.3 is 15.7 Å². The maximum Gasteiger partial charge on any atom is 0.122 e. The molecule has 176 valence electrons. The van der Waals surface area contributed by atoms with E-state index in [9.17, 15) is 5.11 Å². The molecule has 0 radical (unpaired) electrons. The van der Waals surface area contributed by atoms with E-state index in [1.165, 1.54) is 27.9 Å². The Kier molecular flexibility index (Phi) is 8.96. The van der Waals surface area contributed by atoms with Crippen LogP contribution in [0, 0.1) is 6.92 Å². The van der Waals surface area contributed by atoms with Crippen LogP contribution in [0.4, 0.5) is 5.69 Å². The van der Waals surface area contributed by atoms with E-state index < -0.39 is 0 Å². The zero-order chi connectivity index (χ0) is 23.8. The van der Waals surface area contributed by atoms with Crippen LogP contribution in [0.25, 0.3) is 0 Å². The minimum Gasteiger partial charge on any atom is -0.507 e. The summed E-state index contributed by atoms with van der Waals surface area (Å²) in [6, 6.07) is 21.2. The van der Waals surface area contributed by atoms with Crippen LogP contribution in [0.3, 0.4) is 0 Å². The van der Waals surface area contributed by atoms with Crippen molar-refractivity contribution < 1.29 is 5.11 Å². The zero-order valence-electron chi connectivity index (χ0n) is 20.9. The molecule has 0 heterocycles. The van der Waals surface area contributed by atoms with Crippen LogP contribution in [-0.2, 0) is 12.8 Å². The first kappa shape index (κ1) is 24.9. The molecule has 3 rings (SSSR count). The fraction of sp³-hybridized carbons (Fsp3) is 0.400. The van der Waals surface area contributed by atoms with Gasteiger partial charge in [-0.1, -0.05) is 93.9 Å². The van der Waals surface area contributed by atoms with E-state index in [1.807, 2.05) is 18.2 Å². The quantitative estimate of drug-likeness (QED) is 0.286. The van der Waals surface area contributed by atoms with Gasteiger partial charge in [-0.05, 0) is 59.5 Å². The highest BCUT2D eigenvalue weighted by Crippen LogP contribution is 2.32. The Morgan fingerprint density at radius 1 is 0.758 bits per heavy atom. The number of aryl methyl sites for hydroxylation is 1.